The normalized spacial score (nSPS) is 20.5. The first-order valence-corrected chi connectivity index (χ1v) is 4.98. The molecule has 0 bridgehead atoms. The maximum Gasteiger partial charge on any atom is 0.333 e. The van der Waals surface area contributed by atoms with E-state index in [0.29, 0.717) is 0 Å². The van der Waals surface area contributed by atoms with Crippen LogP contribution in [0.15, 0.2) is 11.1 Å². The van der Waals surface area contributed by atoms with E-state index >= 15 is 0 Å². The molecule has 1 aliphatic rings. The molecule has 1 aliphatic carbocycles. The van der Waals surface area contributed by atoms with E-state index in [9.17, 15) is 24.0 Å². The Morgan fingerprint density at radius 1 is 0.850 bits per heavy atom. The molecule has 108 valence electrons. The Balaban J connectivity index is 3.80. The van der Waals surface area contributed by atoms with E-state index < -0.39 is 58.7 Å². The Bertz CT molecular complexity index is 555. The molecule has 0 aromatic rings. The first-order valence-electron chi connectivity index (χ1n) is 4.98. The topological polar surface area (TPSA) is 186 Å². The van der Waals surface area contributed by atoms with Gasteiger partial charge >= 0.3 is 29.8 Å². The maximum absolute atomic E-state index is 11.2. The fourth-order valence-corrected chi connectivity index (χ4v) is 2.24. The predicted molar refractivity (Wildman–Crippen MR) is 55.7 cm³/mol. The van der Waals surface area contributed by atoms with E-state index in [1.807, 2.05) is 0 Å². The van der Waals surface area contributed by atoms with Crippen molar-refractivity contribution in [1.29, 1.82) is 0 Å². The summed E-state index contributed by atoms with van der Waals surface area (Å²) in [5.74, 6) is -12.6. The minimum absolute atomic E-state index is 1.01. The van der Waals surface area contributed by atoms with Crippen molar-refractivity contribution < 1.29 is 49.5 Å². The van der Waals surface area contributed by atoms with Gasteiger partial charge in [-0.3, -0.25) is 14.4 Å². The maximum atomic E-state index is 11.2. The standard InChI is InChI=1S/C10H8O10/c11-5(12)2-1-3(6(13)14)10(8(17)18,9(19)20)4(2)7(15)16/h3H,1H2,(H,11,12)(H,13,14)(H,15,16)(H,17,18)(H,19,20). The van der Waals surface area contributed by atoms with Crippen molar-refractivity contribution in [2.45, 2.75) is 6.42 Å². The van der Waals surface area contributed by atoms with Crippen molar-refractivity contribution in [2.75, 3.05) is 0 Å². The van der Waals surface area contributed by atoms with Gasteiger partial charge in [-0.1, -0.05) is 0 Å². The molecule has 1 unspecified atom stereocenters. The highest BCUT2D eigenvalue weighted by Crippen LogP contribution is 2.48. The van der Waals surface area contributed by atoms with Gasteiger partial charge in [0.2, 0.25) is 5.41 Å². The van der Waals surface area contributed by atoms with Crippen LogP contribution in [0, 0.1) is 11.3 Å². The molecule has 10 nitrogen and oxygen atoms in total. The molecule has 0 spiro atoms. The molecule has 5 N–H and O–H groups in total. The SMILES string of the molecule is O=C(O)C1=C(C(=O)O)C(C(=O)O)(C(=O)O)C(C(=O)O)C1. The summed E-state index contributed by atoms with van der Waals surface area (Å²) < 4.78 is 0. The molecule has 0 aromatic carbocycles. The highest BCUT2D eigenvalue weighted by Gasteiger charge is 2.66. The van der Waals surface area contributed by atoms with Gasteiger partial charge in [0.15, 0.2) is 0 Å². The van der Waals surface area contributed by atoms with Crippen LogP contribution in [-0.4, -0.2) is 55.4 Å². The Morgan fingerprint density at radius 3 is 1.55 bits per heavy atom. The summed E-state index contributed by atoms with van der Waals surface area (Å²) in [6.07, 6.45) is -1.01. The summed E-state index contributed by atoms with van der Waals surface area (Å²) in [6, 6.07) is 0. The Kier molecular flexibility index (Phi) is 3.52. The lowest BCUT2D eigenvalue weighted by molar-refractivity contribution is -0.172. The molecule has 0 aromatic heterocycles. The molecule has 1 rings (SSSR count). The molecular weight excluding hydrogens is 280 g/mol. The zero-order valence-electron chi connectivity index (χ0n) is 9.56. The smallest absolute Gasteiger partial charge is 0.333 e. The van der Waals surface area contributed by atoms with E-state index in [4.69, 9.17) is 25.5 Å². The Labute approximate surface area is 109 Å². The number of carboxylic acid groups (broad SMARTS) is 5. The Hall–Kier alpha value is -2.91. The average molecular weight is 288 g/mol. The van der Waals surface area contributed by atoms with Crippen molar-refractivity contribution in [3.63, 3.8) is 0 Å². The van der Waals surface area contributed by atoms with E-state index in [-0.39, 0.29) is 0 Å². The average Bonchev–Trinajstić information content (AvgIpc) is 2.65. The lowest BCUT2D eigenvalue weighted by atomic mass is 9.73. The molecule has 0 saturated heterocycles. The fraction of sp³-hybridized carbons (Fsp3) is 0.300. The molecule has 0 amide bonds. The van der Waals surface area contributed by atoms with Gasteiger partial charge in [0.05, 0.1) is 17.1 Å². The van der Waals surface area contributed by atoms with Crippen LogP contribution in [-0.2, 0) is 24.0 Å². The third-order valence-corrected chi connectivity index (χ3v) is 3.07. The van der Waals surface area contributed by atoms with Gasteiger partial charge in [-0.05, 0) is 6.42 Å². The van der Waals surface area contributed by atoms with Crippen molar-refractivity contribution >= 4 is 29.8 Å². The van der Waals surface area contributed by atoms with Crippen LogP contribution in [0.5, 0.6) is 0 Å². The Morgan fingerprint density at radius 2 is 1.30 bits per heavy atom. The summed E-state index contributed by atoms with van der Waals surface area (Å²) in [5, 5.41) is 44.7. The monoisotopic (exact) mass is 288 g/mol. The number of rotatable bonds is 5. The molecular formula is C10H8O10. The third kappa shape index (κ3) is 1.77. The summed E-state index contributed by atoms with van der Waals surface area (Å²) in [6.45, 7) is 0. The van der Waals surface area contributed by atoms with Gasteiger partial charge < -0.3 is 25.5 Å². The first-order chi connectivity index (χ1) is 9.08. The van der Waals surface area contributed by atoms with E-state index in [0.717, 1.165) is 0 Å². The molecule has 0 saturated carbocycles. The first kappa shape index (κ1) is 15.1. The van der Waals surface area contributed by atoms with Gasteiger partial charge in [-0.2, -0.15) is 0 Å². The summed E-state index contributed by atoms with van der Waals surface area (Å²) in [7, 11) is 0. The highest BCUT2D eigenvalue weighted by molar-refractivity contribution is 6.17. The predicted octanol–water partition coefficient (Wildman–Crippen LogP) is -1.29. The molecule has 0 heterocycles. The van der Waals surface area contributed by atoms with Crippen LogP contribution in [0.1, 0.15) is 6.42 Å². The number of carbonyl (C=O) groups is 5. The van der Waals surface area contributed by atoms with Crippen LogP contribution < -0.4 is 0 Å². The lowest BCUT2D eigenvalue weighted by Crippen LogP contribution is -2.49. The summed E-state index contributed by atoms with van der Waals surface area (Å²) >= 11 is 0. The quantitative estimate of drug-likeness (QED) is 0.381. The van der Waals surface area contributed by atoms with Crippen molar-refractivity contribution in [2.24, 2.45) is 11.3 Å². The second-order valence-corrected chi connectivity index (χ2v) is 3.98. The van der Waals surface area contributed by atoms with Crippen molar-refractivity contribution in [3.8, 4) is 0 Å². The van der Waals surface area contributed by atoms with Crippen molar-refractivity contribution in [3.05, 3.63) is 11.1 Å². The van der Waals surface area contributed by atoms with E-state index in [1.165, 1.54) is 0 Å². The second kappa shape index (κ2) is 4.64. The van der Waals surface area contributed by atoms with Crippen LogP contribution in [0.4, 0.5) is 0 Å². The van der Waals surface area contributed by atoms with Gasteiger partial charge in [-0.15, -0.1) is 0 Å². The number of carboxylic acids is 5. The van der Waals surface area contributed by atoms with Gasteiger partial charge in [0.25, 0.3) is 0 Å². The zero-order valence-corrected chi connectivity index (χ0v) is 9.56. The summed E-state index contributed by atoms with van der Waals surface area (Å²) in [4.78, 5) is 55.5. The van der Waals surface area contributed by atoms with Crippen molar-refractivity contribution in [1.82, 2.24) is 0 Å². The number of hydrogen-bond donors (Lipinski definition) is 5. The number of aliphatic carboxylic acids is 5. The third-order valence-electron chi connectivity index (χ3n) is 3.07. The van der Waals surface area contributed by atoms with Crippen LogP contribution in [0.3, 0.4) is 0 Å². The minimum atomic E-state index is -3.34. The second-order valence-electron chi connectivity index (χ2n) is 3.98. The van der Waals surface area contributed by atoms with Crippen LogP contribution in [0.2, 0.25) is 0 Å². The largest absolute Gasteiger partial charge is 0.481 e. The molecule has 20 heavy (non-hydrogen) atoms. The molecule has 0 aliphatic heterocycles. The number of hydrogen-bond acceptors (Lipinski definition) is 5. The van der Waals surface area contributed by atoms with Crippen LogP contribution in [0.25, 0.3) is 0 Å². The summed E-state index contributed by atoms with van der Waals surface area (Å²) in [5.41, 5.74) is -5.84. The lowest BCUT2D eigenvalue weighted by Gasteiger charge is -2.25. The van der Waals surface area contributed by atoms with Gasteiger partial charge in [0, 0.05) is 0 Å². The van der Waals surface area contributed by atoms with Gasteiger partial charge in [-0.25, -0.2) is 9.59 Å². The molecule has 1 atom stereocenters. The zero-order chi connectivity index (χ0) is 15.8. The molecule has 0 radical (unpaired) electrons. The minimum Gasteiger partial charge on any atom is -0.481 e. The molecule has 10 heteroatoms. The van der Waals surface area contributed by atoms with E-state index in [1.54, 1.807) is 0 Å². The molecule has 0 fully saturated rings. The highest BCUT2D eigenvalue weighted by atomic mass is 16.4. The van der Waals surface area contributed by atoms with Gasteiger partial charge in [0.1, 0.15) is 0 Å². The van der Waals surface area contributed by atoms with Crippen LogP contribution >= 0.6 is 0 Å². The van der Waals surface area contributed by atoms with E-state index in [2.05, 4.69) is 0 Å². The fourth-order valence-electron chi connectivity index (χ4n) is 2.24.